The first-order chi connectivity index (χ1) is 9.79. The number of nitrogens with one attached hydrogen (secondary N) is 1. The van der Waals surface area contributed by atoms with E-state index in [1.165, 1.54) is 16.5 Å². The van der Waals surface area contributed by atoms with Crippen molar-refractivity contribution in [1.29, 1.82) is 0 Å². The van der Waals surface area contributed by atoms with E-state index in [2.05, 4.69) is 23.6 Å². The molecule has 2 atom stereocenters. The van der Waals surface area contributed by atoms with Crippen LogP contribution in [-0.2, 0) is 6.42 Å². The summed E-state index contributed by atoms with van der Waals surface area (Å²) in [5.74, 6) is 6.87. The van der Waals surface area contributed by atoms with Gasteiger partial charge in [-0.15, -0.1) is 11.8 Å². The largest absolute Gasteiger partial charge is 0.271 e. The summed E-state index contributed by atoms with van der Waals surface area (Å²) in [6.07, 6.45) is 0.600. The van der Waals surface area contributed by atoms with Crippen LogP contribution in [0.15, 0.2) is 53.4 Å². The molecule has 0 aromatic heterocycles. The molecule has 0 saturated carbocycles. The Bertz CT molecular complexity index is 603. The van der Waals surface area contributed by atoms with Crippen molar-refractivity contribution in [3.63, 3.8) is 0 Å². The van der Waals surface area contributed by atoms with E-state index in [-0.39, 0.29) is 11.9 Å². The molecular formula is C16H17FN2S. The summed E-state index contributed by atoms with van der Waals surface area (Å²) in [5, 5.41) is 0. The van der Waals surface area contributed by atoms with Crippen LogP contribution in [0, 0.1) is 5.82 Å². The molecule has 20 heavy (non-hydrogen) atoms. The molecule has 0 amide bonds. The predicted octanol–water partition coefficient (Wildman–Crippen LogP) is 3.09. The summed E-state index contributed by atoms with van der Waals surface area (Å²) in [4.78, 5) is 1.31. The van der Waals surface area contributed by atoms with Crippen molar-refractivity contribution in [2.24, 2.45) is 5.84 Å². The van der Waals surface area contributed by atoms with Crippen LogP contribution in [0.5, 0.6) is 0 Å². The third-order valence-electron chi connectivity index (χ3n) is 3.83. The summed E-state index contributed by atoms with van der Waals surface area (Å²) in [7, 11) is 0. The van der Waals surface area contributed by atoms with Gasteiger partial charge >= 0.3 is 0 Å². The van der Waals surface area contributed by atoms with Crippen molar-refractivity contribution in [2.45, 2.75) is 23.3 Å². The number of nitrogens with two attached hydrogens (primary N) is 1. The van der Waals surface area contributed by atoms with Crippen LogP contribution in [0.3, 0.4) is 0 Å². The van der Waals surface area contributed by atoms with Crippen molar-refractivity contribution in [3.05, 3.63) is 65.5 Å². The second-order valence-electron chi connectivity index (χ2n) is 5.02. The number of rotatable bonds is 4. The van der Waals surface area contributed by atoms with Gasteiger partial charge in [-0.05, 0) is 29.7 Å². The highest BCUT2D eigenvalue weighted by atomic mass is 32.2. The zero-order chi connectivity index (χ0) is 13.9. The quantitative estimate of drug-likeness (QED) is 0.670. The van der Waals surface area contributed by atoms with E-state index in [0.29, 0.717) is 17.9 Å². The third kappa shape index (κ3) is 2.59. The summed E-state index contributed by atoms with van der Waals surface area (Å²) in [5.41, 5.74) is 4.91. The molecule has 0 radical (unpaired) electrons. The summed E-state index contributed by atoms with van der Waals surface area (Å²) < 4.78 is 13.8. The third-order valence-corrected chi connectivity index (χ3v) is 5.04. The van der Waals surface area contributed by atoms with Gasteiger partial charge in [0.2, 0.25) is 0 Å². The van der Waals surface area contributed by atoms with Crippen LogP contribution < -0.4 is 11.3 Å². The molecule has 2 aromatic carbocycles. The molecule has 0 fully saturated rings. The van der Waals surface area contributed by atoms with Crippen LogP contribution in [0.1, 0.15) is 17.0 Å². The first-order valence-corrected chi connectivity index (χ1v) is 7.69. The Morgan fingerprint density at radius 2 is 1.95 bits per heavy atom. The average molecular weight is 288 g/mol. The SMILES string of the molecule is NNC(Cc1ccccc1F)C1CSc2ccccc21. The highest BCUT2D eigenvalue weighted by Crippen LogP contribution is 2.41. The van der Waals surface area contributed by atoms with Gasteiger partial charge in [-0.1, -0.05) is 36.4 Å². The van der Waals surface area contributed by atoms with Crippen LogP contribution in [0.2, 0.25) is 0 Å². The van der Waals surface area contributed by atoms with E-state index < -0.39 is 0 Å². The van der Waals surface area contributed by atoms with Crippen molar-refractivity contribution in [1.82, 2.24) is 5.43 Å². The summed E-state index contributed by atoms with van der Waals surface area (Å²) in [6, 6.07) is 15.3. The van der Waals surface area contributed by atoms with E-state index in [9.17, 15) is 4.39 Å². The number of hydrogen-bond donors (Lipinski definition) is 2. The number of halogens is 1. The van der Waals surface area contributed by atoms with E-state index in [4.69, 9.17) is 5.84 Å². The second kappa shape index (κ2) is 5.95. The zero-order valence-electron chi connectivity index (χ0n) is 11.1. The minimum absolute atomic E-state index is 0.0445. The molecule has 3 N–H and O–H groups in total. The Balaban J connectivity index is 1.83. The van der Waals surface area contributed by atoms with Gasteiger partial charge in [-0.2, -0.15) is 0 Å². The van der Waals surface area contributed by atoms with E-state index >= 15 is 0 Å². The van der Waals surface area contributed by atoms with Gasteiger partial charge in [0, 0.05) is 22.6 Å². The normalized spacial score (nSPS) is 18.8. The molecule has 1 aliphatic rings. The number of hydrogen-bond acceptors (Lipinski definition) is 3. The maximum Gasteiger partial charge on any atom is 0.126 e. The fraction of sp³-hybridized carbons (Fsp3) is 0.250. The second-order valence-corrected chi connectivity index (χ2v) is 6.09. The molecule has 2 aromatic rings. The molecule has 0 aliphatic carbocycles. The standard InChI is InChI=1S/C16H17FN2S/c17-14-7-3-1-5-11(14)9-15(19-18)13-10-20-16-8-4-2-6-12(13)16/h1-8,13,15,19H,9-10,18H2. The molecule has 1 heterocycles. The minimum atomic E-state index is -0.160. The van der Waals surface area contributed by atoms with Crippen LogP contribution in [-0.4, -0.2) is 11.8 Å². The molecule has 0 saturated heterocycles. The maximum atomic E-state index is 13.8. The predicted molar refractivity (Wildman–Crippen MR) is 81.1 cm³/mol. The van der Waals surface area contributed by atoms with Gasteiger partial charge in [0.25, 0.3) is 0 Å². The Morgan fingerprint density at radius 1 is 1.20 bits per heavy atom. The Hall–Kier alpha value is -1.36. The monoisotopic (exact) mass is 288 g/mol. The van der Waals surface area contributed by atoms with Gasteiger partial charge in [0.1, 0.15) is 5.82 Å². The molecule has 0 spiro atoms. The molecule has 1 aliphatic heterocycles. The Morgan fingerprint density at radius 3 is 2.75 bits per heavy atom. The van der Waals surface area contributed by atoms with Gasteiger partial charge in [0.15, 0.2) is 0 Å². The zero-order valence-corrected chi connectivity index (χ0v) is 11.9. The van der Waals surface area contributed by atoms with Crippen molar-refractivity contribution >= 4 is 11.8 Å². The van der Waals surface area contributed by atoms with Crippen molar-refractivity contribution in [2.75, 3.05) is 5.75 Å². The number of hydrazine groups is 1. The Kier molecular flexibility index (Phi) is 4.05. The fourth-order valence-corrected chi connectivity index (χ4v) is 4.07. The van der Waals surface area contributed by atoms with Gasteiger partial charge < -0.3 is 0 Å². The lowest BCUT2D eigenvalue weighted by molar-refractivity contribution is 0.454. The minimum Gasteiger partial charge on any atom is -0.271 e. The lowest BCUT2D eigenvalue weighted by Crippen LogP contribution is -2.41. The maximum absolute atomic E-state index is 13.8. The first-order valence-electron chi connectivity index (χ1n) is 6.71. The highest BCUT2D eigenvalue weighted by molar-refractivity contribution is 7.99. The first kappa shape index (κ1) is 13.6. The molecular weight excluding hydrogens is 271 g/mol. The molecule has 0 bridgehead atoms. The molecule has 2 nitrogen and oxygen atoms in total. The highest BCUT2D eigenvalue weighted by Gasteiger charge is 2.30. The summed E-state index contributed by atoms with van der Waals surface area (Å²) >= 11 is 1.85. The van der Waals surface area contributed by atoms with E-state index in [1.807, 2.05) is 30.0 Å². The van der Waals surface area contributed by atoms with Gasteiger partial charge in [-0.3, -0.25) is 11.3 Å². The van der Waals surface area contributed by atoms with Gasteiger partial charge in [-0.25, -0.2) is 4.39 Å². The van der Waals surface area contributed by atoms with Crippen molar-refractivity contribution in [3.8, 4) is 0 Å². The molecule has 104 valence electrons. The molecule has 2 unspecified atom stereocenters. The van der Waals surface area contributed by atoms with Crippen LogP contribution in [0.4, 0.5) is 4.39 Å². The van der Waals surface area contributed by atoms with Crippen LogP contribution in [0.25, 0.3) is 0 Å². The average Bonchev–Trinajstić information content (AvgIpc) is 2.90. The molecule has 4 heteroatoms. The Labute approximate surface area is 122 Å². The lowest BCUT2D eigenvalue weighted by Gasteiger charge is -2.23. The van der Waals surface area contributed by atoms with Crippen LogP contribution >= 0.6 is 11.8 Å². The van der Waals surface area contributed by atoms with Gasteiger partial charge in [0.05, 0.1) is 0 Å². The fourth-order valence-electron chi connectivity index (χ4n) is 2.74. The number of fused-ring (bicyclic) bond motifs is 1. The lowest BCUT2D eigenvalue weighted by atomic mass is 9.89. The van der Waals surface area contributed by atoms with E-state index in [1.54, 1.807) is 6.07 Å². The smallest absolute Gasteiger partial charge is 0.126 e. The number of thioether (sulfide) groups is 1. The molecule has 3 rings (SSSR count). The van der Waals surface area contributed by atoms with Crippen molar-refractivity contribution < 1.29 is 4.39 Å². The number of benzene rings is 2. The van der Waals surface area contributed by atoms with E-state index in [0.717, 1.165) is 5.75 Å². The summed E-state index contributed by atoms with van der Waals surface area (Å²) in [6.45, 7) is 0. The topological polar surface area (TPSA) is 38.0 Å².